The fourth-order valence-corrected chi connectivity index (χ4v) is 3.48. The Kier molecular flexibility index (Phi) is 3.86. The van der Waals surface area contributed by atoms with Gasteiger partial charge in [0.15, 0.2) is 0 Å². The van der Waals surface area contributed by atoms with Gasteiger partial charge in [-0.1, -0.05) is 12.1 Å². The van der Waals surface area contributed by atoms with Crippen molar-refractivity contribution in [3.63, 3.8) is 0 Å². The first-order valence-electron chi connectivity index (χ1n) is 8.19. The zero-order chi connectivity index (χ0) is 16.5. The molecule has 1 aromatic carbocycles. The number of rotatable bonds is 3. The number of piperidine rings is 1. The summed E-state index contributed by atoms with van der Waals surface area (Å²) in [7, 11) is 0. The second-order valence-electron chi connectivity index (χ2n) is 6.38. The van der Waals surface area contributed by atoms with Crippen molar-refractivity contribution in [2.24, 2.45) is 0 Å². The maximum Gasteiger partial charge on any atom is 0.251 e. The summed E-state index contributed by atoms with van der Waals surface area (Å²) in [4.78, 5) is 21.3. The average molecular weight is 325 g/mol. The molecular formula is C17H19N5O2. The maximum absolute atomic E-state index is 11.7. The van der Waals surface area contributed by atoms with Crippen molar-refractivity contribution in [3.05, 3.63) is 51.7 Å². The van der Waals surface area contributed by atoms with Crippen LogP contribution in [0.1, 0.15) is 35.8 Å². The fourth-order valence-electron chi connectivity index (χ4n) is 3.48. The molecule has 1 N–H and O–H groups in total. The molecule has 1 atom stereocenters. The van der Waals surface area contributed by atoms with Crippen LogP contribution >= 0.6 is 0 Å². The van der Waals surface area contributed by atoms with Crippen LogP contribution in [0.5, 0.6) is 0 Å². The number of aromatic amines is 1. The fraction of sp³-hybridized carbons (Fsp3) is 0.412. The Balaban J connectivity index is 1.54. The molecule has 0 spiro atoms. The molecule has 124 valence electrons. The number of hydrogen-bond acceptors (Lipinski definition) is 6. The highest BCUT2D eigenvalue weighted by Crippen LogP contribution is 2.27. The Morgan fingerprint density at radius 2 is 2.29 bits per heavy atom. The lowest BCUT2D eigenvalue weighted by Crippen LogP contribution is -2.34. The third-order valence-corrected chi connectivity index (χ3v) is 4.57. The number of benzene rings is 1. The van der Waals surface area contributed by atoms with Crippen molar-refractivity contribution >= 4 is 11.0 Å². The molecule has 0 amide bonds. The number of aryl methyl sites for hydroxylation is 1. The lowest BCUT2D eigenvalue weighted by atomic mass is 9.94. The number of nitrogens with zero attached hydrogens (tertiary/aromatic N) is 4. The predicted molar refractivity (Wildman–Crippen MR) is 88.7 cm³/mol. The van der Waals surface area contributed by atoms with Crippen molar-refractivity contribution in [2.75, 3.05) is 13.1 Å². The second-order valence-corrected chi connectivity index (χ2v) is 6.38. The highest BCUT2D eigenvalue weighted by atomic mass is 16.6. The molecule has 7 nitrogen and oxygen atoms in total. The first-order chi connectivity index (χ1) is 11.7. The van der Waals surface area contributed by atoms with Crippen LogP contribution in [0.25, 0.3) is 11.0 Å². The molecule has 4 rings (SSSR count). The van der Waals surface area contributed by atoms with Gasteiger partial charge in [0.25, 0.3) is 5.56 Å². The summed E-state index contributed by atoms with van der Waals surface area (Å²) in [6.07, 6.45) is 2.15. The minimum Gasteiger partial charge on any atom is -0.311 e. The quantitative estimate of drug-likeness (QED) is 0.792. The lowest BCUT2D eigenvalue weighted by Gasteiger charge is -2.32. The standard InChI is InChI=1S/C17H19N5O2/c1-11-18-15(8-16(23)19-11)12-5-3-7-22(9-12)10-13-4-2-6-14-17(13)21-24-20-14/h2,4,6,8,12H,3,5,7,9-10H2,1H3,(H,18,19,23)/t12-/m0/s1. The van der Waals surface area contributed by atoms with E-state index in [-0.39, 0.29) is 11.5 Å². The van der Waals surface area contributed by atoms with Crippen LogP contribution in [0.3, 0.4) is 0 Å². The van der Waals surface area contributed by atoms with E-state index in [0.717, 1.165) is 54.8 Å². The largest absolute Gasteiger partial charge is 0.311 e. The summed E-state index contributed by atoms with van der Waals surface area (Å²) < 4.78 is 4.84. The first kappa shape index (κ1) is 15.0. The van der Waals surface area contributed by atoms with Crippen LogP contribution < -0.4 is 5.56 Å². The molecular weight excluding hydrogens is 306 g/mol. The van der Waals surface area contributed by atoms with E-state index in [1.165, 1.54) is 0 Å². The molecule has 3 aromatic rings. The second kappa shape index (κ2) is 6.16. The third kappa shape index (κ3) is 2.94. The van der Waals surface area contributed by atoms with Gasteiger partial charge in [-0.3, -0.25) is 9.69 Å². The number of hydrogen-bond donors (Lipinski definition) is 1. The van der Waals surface area contributed by atoms with Crippen LogP contribution in [-0.4, -0.2) is 38.3 Å². The van der Waals surface area contributed by atoms with Crippen molar-refractivity contribution in [1.29, 1.82) is 0 Å². The van der Waals surface area contributed by atoms with E-state index in [1.54, 1.807) is 6.07 Å². The van der Waals surface area contributed by atoms with E-state index in [9.17, 15) is 4.79 Å². The number of fused-ring (bicyclic) bond motifs is 1. The summed E-state index contributed by atoms with van der Waals surface area (Å²) in [5.41, 5.74) is 3.54. The highest BCUT2D eigenvalue weighted by molar-refractivity contribution is 5.76. The molecule has 3 heterocycles. The van der Waals surface area contributed by atoms with E-state index in [0.29, 0.717) is 5.82 Å². The van der Waals surface area contributed by atoms with Crippen molar-refractivity contribution in [2.45, 2.75) is 32.2 Å². The van der Waals surface area contributed by atoms with Crippen molar-refractivity contribution < 1.29 is 4.63 Å². The highest BCUT2D eigenvalue weighted by Gasteiger charge is 2.23. The van der Waals surface area contributed by atoms with Crippen LogP contribution in [0, 0.1) is 6.92 Å². The molecule has 1 fully saturated rings. The molecule has 1 aliphatic heterocycles. The van der Waals surface area contributed by atoms with Crippen molar-refractivity contribution in [1.82, 2.24) is 25.2 Å². The van der Waals surface area contributed by atoms with Gasteiger partial charge >= 0.3 is 0 Å². The van der Waals surface area contributed by atoms with Crippen LogP contribution in [0.15, 0.2) is 33.7 Å². The van der Waals surface area contributed by atoms with E-state index >= 15 is 0 Å². The van der Waals surface area contributed by atoms with Gasteiger partial charge in [0.2, 0.25) is 0 Å². The number of likely N-dealkylation sites (tertiary alicyclic amines) is 1. The monoisotopic (exact) mass is 325 g/mol. The summed E-state index contributed by atoms with van der Waals surface area (Å²) in [6, 6.07) is 7.57. The van der Waals surface area contributed by atoms with Crippen LogP contribution in [-0.2, 0) is 6.54 Å². The van der Waals surface area contributed by atoms with E-state index in [2.05, 4.69) is 31.2 Å². The molecule has 1 saturated heterocycles. The van der Waals surface area contributed by atoms with Crippen LogP contribution in [0.4, 0.5) is 0 Å². The number of aromatic nitrogens is 4. The molecule has 0 unspecified atom stereocenters. The van der Waals surface area contributed by atoms with Gasteiger partial charge in [0.1, 0.15) is 16.9 Å². The smallest absolute Gasteiger partial charge is 0.251 e. The molecule has 0 saturated carbocycles. The Labute approximate surface area is 138 Å². The summed E-state index contributed by atoms with van der Waals surface area (Å²) >= 11 is 0. The molecule has 0 aliphatic carbocycles. The predicted octanol–water partition coefficient (Wildman–Crippen LogP) is 1.99. The molecule has 7 heteroatoms. The lowest BCUT2D eigenvalue weighted by molar-refractivity contribution is 0.198. The molecule has 24 heavy (non-hydrogen) atoms. The third-order valence-electron chi connectivity index (χ3n) is 4.57. The summed E-state index contributed by atoms with van der Waals surface area (Å²) in [6.45, 7) is 4.53. The summed E-state index contributed by atoms with van der Waals surface area (Å²) in [5, 5.41) is 7.92. The summed E-state index contributed by atoms with van der Waals surface area (Å²) in [5.74, 6) is 0.961. The Bertz CT molecular complexity index is 916. The van der Waals surface area contributed by atoms with Gasteiger partial charge in [-0.15, -0.1) is 0 Å². The Hall–Kier alpha value is -2.54. The molecule has 1 aliphatic rings. The normalized spacial score (nSPS) is 19.0. The Morgan fingerprint density at radius 1 is 1.38 bits per heavy atom. The van der Waals surface area contributed by atoms with E-state index in [1.807, 2.05) is 19.1 Å². The zero-order valence-electron chi connectivity index (χ0n) is 13.5. The topological polar surface area (TPSA) is 87.9 Å². The number of nitrogens with one attached hydrogen (secondary N) is 1. The molecule has 2 aromatic heterocycles. The van der Waals surface area contributed by atoms with Gasteiger partial charge in [-0.05, 0) is 48.3 Å². The minimum atomic E-state index is -0.0759. The van der Waals surface area contributed by atoms with Gasteiger partial charge in [0.05, 0.1) is 5.69 Å². The SMILES string of the molecule is Cc1nc([C@H]2CCCN(Cc3cccc4nonc34)C2)cc(=O)[nH]1. The first-order valence-corrected chi connectivity index (χ1v) is 8.19. The Morgan fingerprint density at radius 3 is 3.17 bits per heavy atom. The molecule has 0 bridgehead atoms. The van der Waals surface area contributed by atoms with Gasteiger partial charge < -0.3 is 4.98 Å². The van der Waals surface area contributed by atoms with Gasteiger partial charge in [-0.25, -0.2) is 9.61 Å². The molecule has 0 radical (unpaired) electrons. The number of H-pyrrole nitrogens is 1. The minimum absolute atomic E-state index is 0.0759. The van der Waals surface area contributed by atoms with Gasteiger partial charge in [-0.2, -0.15) is 0 Å². The van der Waals surface area contributed by atoms with Crippen molar-refractivity contribution in [3.8, 4) is 0 Å². The average Bonchev–Trinajstić information content (AvgIpc) is 3.04. The van der Waals surface area contributed by atoms with Gasteiger partial charge in [0, 0.05) is 25.1 Å². The van der Waals surface area contributed by atoms with E-state index < -0.39 is 0 Å². The van der Waals surface area contributed by atoms with Crippen LogP contribution in [0.2, 0.25) is 0 Å². The van der Waals surface area contributed by atoms with E-state index in [4.69, 9.17) is 4.63 Å². The zero-order valence-corrected chi connectivity index (χ0v) is 13.5. The maximum atomic E-state index is 11.7.